The molecule has 0 N–H and O–H groups in total. The van der Waals surface area contributed by atoms with Gasteiger partial charge in [-0.15, -0.1) is 0 Å². The third-order valence-corrected chi connectivity index (χ3v) is 3.98. The second kappa shape index (κ2) is 7.98. The highest BCUT2D eigenvalue weighted by molar-refractivity contribution is 7.98. The summed E-state index contributed by atoms with van der Waals surface area (Å²) in [6.45, 7) is 3.81. The van der Waals surface area contributed by atoms with Crippen LogP contribution in [-0.4, -0.2) is 42.7 Å². The van der Waals surface area contributed by atoms with Crippen LogP contribution in [0.1, 0.15) is 18.9 Å². The number of fused-ring (bicyclic) bond motifs is 1. The van der Waals surface area contributed by atoms with Crippen molar-refractivity contribution in [3.8, 4) is 11.5 Å². The van der Waals surface area contributed by atoms with E-state index in [2.05, 4.69) is 6.26 Å². The zero-order valence-corrected chi connectivity index (χ0v) is 13.3. The van der Waals surface area contributed by atoms with Crippen molar-refractivity contribution in [3.05, 3.63) is 29.8 Å². The van der Waals surface area contributed by atoms with E-state index < -0.39 is 0 Å². The Hall–Kier alpha value is -1.62. The van der Waals surface area contributed by atoms with Crippen LogP contribution in [0.3, 0.4) is 0 Å². The lowest BCUT2D eigenvalue weighted by atomic mass is 10.2. The first-order valence-corrected chi connectivity index (χ1v) is 8.49. The molecule has 0 aromatic heterocycles. The van der Waals surface area contributed by atoms with Crippen molar-refractivity contribution in [2.75, 3.05) is 31.9 Å². The average molecular weight is 307 g/mol. The third kappa shape index (κ3) is 4.43. The van der Waals surface area contributed by atoms with Crippen molar-refractivity contribution in [2.24, 2.45) is 0 Å². The summed E-state index contributed by atoms with van der Waals surface area (Å²) in [4.78, 5) is 14.0. The minimum atomic E-state index is 0.0521. The Morgan fingerprint density at radius 3 is 2.95 bits per heavy atom. The number of amides is 1. The Balaban J connectivity index is 1.94. The van der Waals surface area contributed by atoms with E-state index in [-0.39, 0.29) is 12.7 Å². The van der Waals surface area contributed by atoms with Crippen LogP contribution in [0.4, 0.5) is 0 Å². The fourth-order valence-electron chi connectivity index (χ4n) is 2.11. The summed E-state index contributed by atoms with van der Waals surface area (Å²) in [6, 6.07) is 5.67. The maximum Gasteiger partial charge on any atom is 0.246 e. The molecule has 0 atom stereocenters. The van der Waals surface area contributed by atoms with Gasteiger partial charge in [0.25, 0.3) is 0 Å². The molecule has 21 heavy (non-hydrogen) atoms. The van der Waals surface area contributed by atoms with Gasteiger partial charge in [-0.2, -0.15) is 11.8 Å². The van der Waals surface area contributed by atoms with E-state index >= 15 is 0 Å². The van der Waals surface area contributed by atoms with E-state index in [0.717, 1.165) is 42.3 Å². The number of likely N-dealkylation sites (N-methyl/N-ethyl adjacent to an activating group) is 1. The van der Waals surface area contributed by atoms with Crippen molar-refractivity contribution in [2.45, 2.75) is 13.3 Å². The Labute approximate surface area is 130 Å². The molecule has 0 saturated carbocycles. The van der Waals surface area contributed by atoms with Gasteiger partial charge in [0.15, 0.2) is 11.5 Å². The molecule has 1 amide bonds. The van der Waals surface area contributed by atoms with Crippen molar-refractivity contribution >= 4 is 23.7 Å². The maximum absolute atomic E-state index is 12.2. The third-order valence-electron chi connectivity index (χ3n) is 3.28. The molecule has 4 nitrogen and oxygen atoms in total. The standard InChI is InChI=1S/C16H21NO3S/c1-3-17(9-4-10-21-2)16(18)8-6-13-5-7-14-15(11-13)20-12-19-14/h5-8,11H,3-4,9-10,12H2,1-2H3/b8-6+. The van der Waals surface area contributed by atoms with Gasteiger partial charge >= 0.3 is 0 Å². The predicted octanol–water partition coefficient (Wildman–Crippen LogP) is 3.03. The second-order valence-electron chi connectivity index (χ2n) is 4.71. The molecule has 0 unspecified atom stereocenters. The van der Waals surface area contributed by atoms with Crippen LogP contribution in [0, 0.1) is 0 Å². The molecule has 1 aromatic carbocycles. The minimum absolute atomic E-state index is 0.0521. The smallest absolute Gasteiger partial charge is 0.246 e. The molecule has 1 aliphatic heterocycles. The summed E-state index contributed by atoms with van der Waals surface area (Å²) < 4.78 is 10.6. The van der Waals surface area contributed by atoms with Crippen LogP contribution in [0.15, 0.2) is 24.3 Å². The Morgan fingerprint density at radius 1 is 1.38 bits per heavy atom. The van der Waals surface area contributed by atoms with E-state index in [0.29, 0.717) is 0 Å². The van der Waals surface area contributed by atoms with Crippen molar-refractivity contribution in [1.29, 1.82) is 0 Å². The van der Waals surface area contributed by atoms with Crippen LogP contribution in [0.2, 0.25) is 0 Å². The van der Waals surface area contributed by atoms with Crippen molar-refractivity contribution in [3.63, 3.8) is 0 Å². The van der Waals surface area contributed by atoms with E-state index in [1.165, 1.54) is 0 Å². The molecule has 1 heterocycles. The Bertz CT molecular complexity index is 516. The lowest BCUT2D eigenvalue weighted by molar-refractivity contribution is -0.125. The van der Waals surface area contributed by atoms with Crippen molar-refractivity contribution in [1.82, 2.24) is 4.90 Å². The first-order chi connectivity index (χ1) is 10.2. The Kier molecular flexibility index (Phi) is 5.99. The predicted molar refractivity (Wildman–Crippen MR) is 86.9 cm³/mol. The molecule has 0 radical (unpaired) electrons. The molecular weight excluding hydrogens is 286 g/mol. The number of carbonyl (C=O) groups is 1. The summed E-state index contributed by atoms with van der Waals surface area (Å²) >= 11 is 1.81. The Morgan fingerprint density at radius 2 is 2.19 bits per heavy atom. The van der Waals surface area contributed by atoms with E-state index in [4.69, 9.17) is 9.47 Å². The molecular formula is C16H21NO3S. The van der Waals surface area contributed by atoms with E-state index in [1.54, 1.807) is 17.8 Å². The fourth-order valence-corrected chi connectivity index (χ4v) is 2.53. The molecule has 0 saturated heterocycles. The van der Waals surface area contributed by atoms with Gasteiger partial charge in [-0.1, -0.05) is 6.07 Å². The lowest BCUT2D eigenvalue weighted by Gasteiger charge is -2.18. The minimum Gasteiger partial charge on any atom is -0.454 e. The highest BCUT2D eigenvalue weighted by Gasteiger charge is 2.12. The van der Waals surface area contributed by atoms with Gasteiger partial charge < -0.3 is 14.4 Å². The van der Waals surface area contributed by atoms with Gasteiger partial charge in [0.1, 0.15) is 0 Å². The first-order valence-electron chi connectivity index (χ1n) is 7.10. The van der Waals surface area contributed by atoms with Crippen LogP contribution in [0.5, 0.6) is 11.5 Å². The van der Waals surface area contributed by atoms with Crippen LogP contribution in [0.25, 0.3) is 6.08 Å². The SMILES string of the molecule is CCN(CCCSC)C(=O)/C=C/c1ccc2c(c1)OCO2. The van der Waals surface area contributed by atoms with E-state index in [1.807, 2.05) is 36.1 Å². The number of benzene rings is 1. The number of carbonyl (C=O) groups excluding carboxylic acids is 1. The summed E-state index contributed by atoms with van der Waals surface area (Å²) in [5, 5.41) is 0. The first kappa shape index (κ1) is 15.8. The number of rotatable bonds is 7. The monoisotopic (exact) mass is 307 g/mol. The number of hydrogen-bond donors (Lipinski definition) is 0. The topological polar surface area (TPSA) is 38.8 Å². The maximum atomic E-state index is 12.2. The fraction of sp³-hybridized carbons (Fsp3) is 0.438. The number of nitrogens with zero attached hydrogens (tertiary/aromatic N) is 1. The van der Waals surface area contributed by atoms with Gasteiger partial charge in [-0.05, 0) is 49.1 Å². The van der Waals surface area contributed by atoms with Crippen LogP contribution < -0.4 is 9.47 Å². The second-order valence-corrected chi connectivity index (χ2v) is 5.70. The molecule has 0 fully saturated rings. The molecule has 5 heteroatoms. The average Bonchev–Trinajstić information content (AvgIpc) is 2.97. The molecule has 1 aromatic rings. The zero-order chi connectivity index (χ0) is 15.1. The molecule has 0 spiro atoms. The molecule has 0 aliphatic carbocycles. The lowest BCUT2D eigenvalue weighted by Crippen LogP contribution is -2.30. The highest BCUT2D eigenvalue weighted by Crippen LogP contribution is 2.32. The molecule has 2 rings (SSSR count). The van der Waals surface area contributed by atoms with Crippen LogP contribution in [-0.2, 0) is 4.79 Å². The van der Waals surface area contributed by atoms with Crippen molar-refractivity contribution < 1.29 is 14.3 Å². The van der Waals surface area contributed by atoms with Gasteiger partial charge in [0.05, 0.1) is 0 Å². The summed E-state index contributed by atoms with van der Waals surface area (Å²) in [5.74, 6) is 2.62. The summed E-state index contributed by atoms with van der Waals surface area (Å²) in [5.41, 5.74) is 0.938. The van der Waals surface area contributed by atoms with E-state index in [9.17, 15) is 4.79 Å². The number of hydrogen-bond acceptors (Lipinski definition) is 4. The quantitative estimate of drug-likeness (QED) is 0.573. The number of ether oxygens (including phenoxy) is 2. The molecule has 1 aliphatic rings. The van der Waals surface area contributed by atoms with Gasteiger partial charge in [0.2, 0.25) is 12.7 Å². The largest absolute Gasteiger partial charge is 0.454 e. The van der Waals surface area contributed by atoms with Gasteiger partial charge in [0, 0.05) is 19.2 Å². The van der Waals surface area contributed by atoms with Crippen LogP contribution >= 0.6 is 11.8 Å². The summed E-state index contributed by atoms with van der Waals surface area (Å²) in [6.07, 6.45) is 6.55. The zero-order valence-electron chi connectivity index (χ0n) is 12.5. The molecule has 114 valence electrons. The number of thioether (sulfide) groups is 1. The molecule has 0 bridgehead atoms. The highest BCUT2D eigenvalue weighted by atomic mass is 32.2. The van der Waals surface area contributed by atoms with Gasteiger partial charge in [-0.3, -0.25) is 4.79 Å². The van der Waals surface area contributed by atoms with Gasteiger partial charge in [-0.25, -0.2) is 0 Å². The summed E-state index contributed by atoms with van der Waals surface area (Å²) in [7, 11) is 0. The normalized spacial score (nSPS) is 12.9.